The second-order valence-electron chi connectivity index (χ2n) is 4.29. The SMILES string of the molecule is CC1=C(CCNC(=O)CN)NOc2ccc(O)cc21. The van der Waals surface area contributed by atoms with Crippen molar-refractivity contribution in [1.29, 1.82) is 0 Å². The van der Waals surface area contributed by atoms with Gasteiger partial charge in [0.05, 0.1) is 12.2 Å². The number of amides is 1. The summed E-state index contributed by atoms with van der Waals surface area (Å²) in [6.07, 6.45) is 0.604. The monoisotopic (exact) mass is 263 g/mol. The zero-order valence-electron chi connectivity index (χ0n) is 10.7. The molecule has 0 saturated carbocycles. The molecule has 0 aliphatic carbocycles. The van der Waals surface area contributed by atoms with Crippen LogP contribution in [0.5, 0.6) is 11.5 Å². The summed E-state index contributed by atoms with van der Waals surface area (Å²) in [6, 6.07) is 4.93. The number of aromatic hydroxyl groups is 1. The predicted octanol–water partition coefficient (Wildman–Crippen LogP) is 0.485. The third kappa shape index (κ3) is 2.97. The second-order valence-corrected chi connectivity index (χ2v) is 4.29. The van der Waals surface area contributed by atoms with Crippen LogP contribution in [0.3, 0.4) is 0 Å². The maximum Gasteiger partial charge on any atom is 0.233 e. The van der Waals surface area contributed by atoms with Gasteiger partial charge in [0.2, 0.25) is 5.91 Å². The molecule has 0 radical (unpaired) electrons. The van der Waals surface area contributed by atoms with Gasteiger partial charge in [-0.15, -0.1) is 0 Å². The molecule has 5 N–H and O–H groups in total. The molecule has 2 rings (SSSR count). The zero-order valence-corrected chi connectivity index (χ0v) is 10.7. The number of phenols is 1. The molecule has 1 amide bonds. The Morgan fingerprint density at radius 2 is 2.32 bits per heavy atom. The number of hydrogen-bond donors (Lipinski definition) is 4. The van der Waals surface area contributed by atoms with Gasteiger partial charge in [-0.25, -0.2) is 5.48 Å². The number of fused-ring (bicyclic) bond motifs is 1. The molecule has 0 spiro atoms. The number of rotatable bonds is 4. The number of benzene rings is 1. The molecule has 0 bridgehead atoms. The van der Waals surface area contributed by atoms with Crippen molar-refractivity contribution in [2.75, 3.05) is 13.1 Å². The first-order valence-electron chi connectivity index (χ1n) is 6.04. The quantitative estimate of drug-likeness (QED) is 0.634. The molecular formula is C13H17N3O3. The molecule has 6 nitrogen and oxygen atoms in total. The first-order chi connectivity index (χ1) is 9.11. The highest BCUT2D eigenvalue weighted by atomic mass is 16.6. The first-order valence-corrected chi connectivity index (χ1v) is 6.04. The standard InChI is InChI=1S/C13H17N3O3/c1-8-10-6-9(17)2-3-12(10)19-16-11(8)4-5-15-13(18)7-14/h2-3,6,16-17H,4-5,7,14H2,1H3,(H,15,18). The Kier molecular flexibility index (Phi) is 3.91. The van der Waals surface area contributed by atoms with E-state index in [1.54, 1.807) is 18.2 Å². The molecule has 0 unspecified atom stereocenters. The summed E-state index contributed by atoms with van der Waals surface area (Å²) >= 11 is 0. The number of hydroxylamine groups is 1. The topological polar surface area (TPSA) is 96.6 Å². The van der Waals surface area contributed by atoms with E-state index in [1.165, 1.54) is 0 Å². The van der Waals surface area contributed by atoms with Gasteiger partial charge in [0.25, 0.3) is 0 Å². The fourth-order valence-corrected chi connectivity index (χ4v) is 1.89. The third-order valence-corrected chi connectivity index (χ3v) is 2.99. The average molecular weight is 263 g/mol. The van der Waals surface area contributed by atoms with Crippen LogP contribution in [0, 0.1) is 0 Å². The van der Waals surface area contributed by atoms with Crippen molar-refractivity contribution in [3.63, 3.8) is 0 Å². The van der Waals surface area contributed by atoms with E-state index in [0.717, 1.165) is 16.8 Å². The van der Waals surface area contributed by atoms with Crippen molar-refractivity contribution >= 4 is 11.5 Å². The molecule has 6 heteroatoms. The van der Waals surface area contributed by atoms with Crippen LogP contribution in [-0.4, -0.2) is 24.1 Å². The molecule has 0 aromatic heterocycles. The maximum atomic E-state index is 11.0. The highest BCUT2D eigenvalue weighted by Gasteiger charge is 2.17. The van der Waals surface area contributed by atoms with E-state index in [1.807, 2.05) is 6.92 Å². The highest BCUT2D eigenvalue weighted by Crippen LogP contribution is 2.33. The van der Waals surface area contributed by atoms with Gasteiger partial charge in [0.15, 0.2) is 5.75 Å². The van der Waals surface area contributed by atoms with Gasteiger partial charge < -0.3 is 21.0 Å². The number of allylic oxidation sites excluding steroid dienone is 1. The fourth-order valence-electron chi connectivity index (χ4n) is 1.89. The minimum atomic E-state index is -0.187. The Labute approximate surface area is 111 Å². The van der Waals surface area contributed by atoms with Crippen molar-refractivity contribution < 1.29 is 14.7 Å². The molecule has 1 aliphatic rings. The summed E-state index contributed by atoms with van der Waals surface area (Å²) in [5.41, 5.74) is 10.8. The Hall–Kier alpha value is -2.21. The summed E-state index contributed by atoms with van der Waals surface area (Å²) in [5, 5.41) is 12.2. The van der Waals surface area contributed by atoms with Crippen LogP contribution in [0.25, 0.3) is 5.57 Å². The fraction of sp³-hybridized carbons (Fsp3) is 0.308. The first kappa shape index (κ1) is 13.2. The van der Waals surface area contributed by atoms with Crippen molar-refractivity contribution in [2.24, 2.45) is 5.73 Å². The molecule has 102 valence electrons. The van der Waals surface area contributed by atoms with Crippen LogP contribution < -0.4 is 21.4 Å². The molecule has 0 saturated heterocycles. The Morgan fingerprint density at radius 1 is 1.53 bits per heavy atom. The van der Waals surface area contributed by atoms with Crippen LogP contribution in [0.4, 0.5) is 0 Å². The molecule has 0 fully saturated rings. The number of carbonyl (C=O) groups excluding carboxylic acids is 1. The van der Waals surface area contributed by atoms with Gasteiger partial charge in [0, 0.05) is 18.5 Å². The molecule has 19 heavy (non-hydrogen) atoms. The van der Waals surface area contributed by atoms with E-state index >= 15 is 0 Å². The van der Waals surface area contributed by atoms with Gasteiger partial charge in [-0.2, -0.15) is 0 Å². The van der Waals surface area contributed by atoms with E-state index in [9.17, 15) is 9.90 Å². The van der Waals surface area contributed by atoms with Crippen molar-refractivity contribution in [1.82, 2.24) is 10.8 Å². The average Bonchev–Trinajstić information content (AvgIpc) is 2.41. The van der Waals surface area contributed by atoms with Gasteiger partial charge in [-0.1, -0.05) is 0 Å². The van der Waals surface area contributed by atoms with Crippen LogP contribution >= 0.6 is 0 Å². The largest absolute Gasteiger partial charge is 0.508 e. The summed E-state index contributed by atoms with van der Waals surface area (Å²) < 4.78 is 0. The zero-order chi connectivity index (χ0) is 13.8. The normalized spacial score (nSPS) is 13.4. The Balaban J connectivity index is 2.09. The van der Waals surface area contributed by atoms with Crippen LogP contribution in [0.1, 0.15) is 18.9 Å². The van der Waals surface area contributed by atoms with Gasteiger partial charge in [-0.3, -0.25) is 4.79 Å². The van der Waals surface area contributed by atoms with Crippen molar-refractivity contribution in [3.05, 3.63) is 29.5 Å². The molecule has 1 aromatic carbocycles. The summed E-state index contributed by atoms with van der Waals surface area (Å²) in [7, 11) is 0. The lowest BCUT2D eigenvalue weighted by atomic mass is 10.0. The predicted molar refractivity (Wildman–Crippen MR) is 71.1 cm³/mol. The molecule has 1 aliphatic heterocycles. The second kappa shape index (κ2) is 5.62. The van der Waals surface area contributed by atoms with Crippen LogP contribution in [0.2, 0.25) is 0 Å². The summed E-state index contributed by atoms with van der Waals surface area (Å²) in [5.74, 6) is 0.678. The van der Waals surface area contributed by atoms with Crippen LogP contribution in [0.15, 0.2) is 23.9 Å². The van der Waals surface area contributed by atoms with E-state index in [2.05, 4.69) is 10.8 Å². The van der Waals surface area contributed by atoms with Crippen molar-refractivity contribution in [3.8, 4) is 11.5 Å². The van der Waals surface area contributed by atoms with Gasteiger partial charge in [0.1, 0.15) is 5.75 Å². The van der Waals surface area contributed by atoms with E-state index in [0.29, 0.717) is 18.7 Å². The third-order valence-electron chi connectivity index (χ3n) is 2.99. The number of hydrogen-bond acceptors (Lipinski definition) is 5. The lowest BCUT2D eigenvalue weighted by Gasteiger charge is -2.23. The smallest absolute Gasteiger partial charge is 0.233 e. The lowest BCUT2D eigenvalue weighted by molar-refractivity contribution is -0.119. The van der Waals surface area contributed by atoms with Gasteiger partial charge >= 0.3 is 0 Å². The Bertz CT molecular complexity index is 526. The number of phenolic OH excluding ortho intramolecular Hbond substituents is 1. The van der Waals surface area contributed by atoms with Crippen molar-refractivity contribution in [2.45, 2.75) is 13.3 Å². The lowest BCUT2D eigenvalue weighted by Crippen LogP contribution is -2.33. The summed E-state index contributed by atoms with van der Waals surface area (Å²) in [6.45, 7) is 2.40. The van der Waals surface area contributed by atoms with E-state index in [4.69, 9.17) is 10.6 Å². The minimum Gasteiger partial charge on any atom is -0.508 e. The number of carbonyl (C=O) groups is 1. The van der Waals surface area contributed by atoms with E-state index in [-0.39, 0.29) is 18.2 Å². The van der Waals surface area contributed by atoms with Gasteiger partial charge in [-0.05, 0) is 30.7 Å². The molecule has 1 aromatic rings. The minimum absolute atomic E-state index is 0.0152. The van der Waals surface area contributed by atoms with Crippen LogP contribution in [-0.2, 0) is 4.79 Å². The summed E-state index contributed by atoms with van der Waals surface area (Å²) in [4.78, 5) is 16.4. The maximum absolute atomic E-state index is 11.0. The molecule has 0 atom stereocenters. The molecule has 1 heterocycles. The number of nitrogens with two attached hydrogens (primary N) is 1. The highest BCUT2D eigenvalue weighted by molar-refractivity contribution is 5.78. The van der Waals surface area contributed by atoms with E-state index < -0.39 is 0 Å². The Morgan fingerprint density at radius 3 is 3.05 bits per heavy atom. The molecular weight excluding hydrogens is 246 g/mol. The number of nitrogens with one attached hydrogen (secondary N) is 2.